The van der Waals surface area contributed by atoms with Gasteiger partial charge in [-0.3, -0.25) is 9.59 Å². The van der Waals surface area contributed by atoms with Crippen molar-refractivity contribution in [1.29, 1.82) is 0 Å². The van der Waals surface area contributed by atoms with Crippen molar-refractivity contribution in [2.75, 3.05) is 5.75 Å². The number of aliphatic hydroxyl groups is 1. The second-order valence-corrected chi connectivity index (χ2v) is 8.57. The van der Waals surface area contributed by atoms with Gasteiger partial charge in [0, 0.05) is 23.8 Å². The third kappa shape index (κ3) is 20.3. The van der Waals surface area contributed by atoms with Crippen molar-refractivity contribution in [3.05, 3.63) is 48.6 Å². The molecule has 10 heteroatoms. The molecule has 0 spiro atoms. The molecule has 33 heavy (non-hydrogen) atoms. The molecular formula is C23H34F3NO5S. The predicted octanol–water partition coefficient (Wildman–Crippen LogP) is 4.85. The van der Waals surface area contributed by atoms with Gasteiger partial charge in [0.1, 0.15) is 6.04 Å². The maximum absolute atomic E-state index is 12.0. The molecule has 0 amide bonds. The third-order valence-corrected chi connectivity index (χ3v) is 5.75. The highest BCUT2D eigenvalue weighted by molar-refractivity contribution is 8.00. The molecule has 3 atom stereocenters. The number of aliphatic hydroxyl groups excluding tert-OH is 1. The molecule has 0 aromatic rings. The van der Waals surface area contributed by atoms with E-state index in [2.05, 4.69) is 0 Å². The van der Waals surface area contributed by atoms with Crippen molar-refractivity contribution in [3.8, 4) is 0 Å². The maximum Gasteiger partial charge on any atom is 0.389 e. The Morgan fingerprint density at radius 1 is 0.970 bits per heavy atom. The van der Waals surface area contributed by atoms with E-state index < -0.39 is 41.9 Å². The number of unbranched alkanes of at least 4 members (excludes halogenated alkanes) is 2. The molecule has 0 heterocycles. The Morgan fingerprint density at radius 3 is 2.30 bits per heavy atom. The van der Waals surface area contributed by atoms with Crippen LogP contribution in [0.2, 0.25) is 0 Å². The normalized spacial score (nSPS) is 15.7. The van der Waals surface area contributed by atoms with E-state index in [9.17, 15) is 27.9 Å². The number of thioether (sulfide) groups is 1. The molecule has 3 unspecified atom stereocenters. The Balaban J connectivity index is 4.43. The van der Waals surface area contributed by atoms with Crippen LogP contribution >= 0.6 is 11.8 Å². The molecule has 0 fully saturated rings. The summed E-state index contributed by atoms with van der Waals surface area (Å²) >= 11 is 1.20. The van der Waals surface area contributed by atoms with Crippen molar-refractivity contribution in [2.45, 2.75) is 74.9 Å². The molecule has 0 radical (unpaired) electrons. The number of carbonyl (C=O) groups is 2. The van der Waals surface area contributed by atoms with Crippen molar-refractivity contribution in [1.82, 2.24) is 0 Å². The number of rotatable bonds is 18. The molecule has 6 nitrogen and oxygen atoms in total. The van der Waals surface area contributed by atoms with Gasteiger partial charge < -0.3 is 21.1 Å². The number of allylic oxidation sites excluding steroid dienone is 7. The lowest BCUT2D eigenvalue weighted by Gasteiger charge is -2.20. The van der Waals surface area contributed by atoms with E-state index in [0.29, 0.717) is 25.7 Å². The number of carboxylic acids is 2. The molecule has 0 aromatic carbocycles. The van der Waals surface area contributed by atoms with Gasteiger partial charge in [0.25, 0.3) is 0 Å². The van der Waals surface area contributed by atoms with Crippen LogP contribution in [-0.2, 0) is 9.59 Å². The molecule has 0 rings (SSSR count). The van der Waals surface area contributed by atoms with Crippen molar-refractivity contribution < 1.29 is 38.1 Å². The Kier molecular flexibility index (Phi) is 17.3. The Hall–Kier alpha value is -2.04. The van der Waals surface area contributed by atoms with E-state index in [1.54, 1.807) is 24.3 Å². The van der Waals surface area contributed by atoms with E-state index in [0.717, 1.165) is 0 Å². The van der Waals surface area contributed by atoms with Crippen LogP contribution in [0.3, 0.4) is 0 Å². The average molecular weight is 494 g/mol. The number of carboxylic acid groups (broad SMARTS) is 2. The number of hydrogen-bond acceptors (Lipinski definition) is 5. The predicted molar refractivity (Wildman–Crippen MR) is 125 cm³/mol. The zero-order valence-electron chi connectivity index (χ0n) is 18.5. The van der Waals surface area contributed by atoms with Gasteiger partial charge in [-0.25, -0.2) is 0 Å². The number of nitrogens with two attached hydrogens (primary N) is 1. The standard InChI is InChI=1S/C23H34F3NO5S/c24-23(25,26)16-11-9-7-5-3-1-2-4-6-8-10-14-20(33-17-18(27)22(31)32)19(28)13-12-15-21(29)30/h2-6,8,10,14,18-20,28H,1,7,9,11-13,15-17,27H2,(H,29,30)(H,31,32). The molecular weight excluding hydrogens is 459 g/mol. The van der Waals surface area contributed by atoms with Crippen molar-refractivity contribution >= 4 is 23.7 Å². The fourth-order valence-corrected chi connectivity index (χ4v) is 3.68. The third-order valence-electron chi connectivity index (χ3n) is 4.35. The van der Waals surface area contributed by atoms with Gasteiger partial charge in [-0.05, 0) is 38.5 Å². The van der Waals surface area contributed by atoms with Gasteiger partial charge in [-0.15, -0.1) is 11.8 Å². The molecule has 0 aliphatic rings. The summed E-state index contributed by atoms with van der Waals surface area (Å²) in [6.07, 6.45) is 11.1. The van der Waals surface area contributed by atoms with E-state index in [-0.39, 0.29) is 25.0 Å². The molecule has 0 saturated heterocycles. The van der Waals surface area contributed by atoms with Crippen molar-refractivity contribution in [3.63, 3.8) is 0 Å². The molecule has 0 saturated carbocycles. The Labute approximate surface area is 197 Å². The molecule has 5 N–H and O–H groups in total. The highest BCUT2D eigenvalue weighted by Crippen LogP contribution is 2.23. The lowest BCUT2D eigenvalue weighted by atomic mass is 10.1. The maximum atomic E-state index is 12.0. The minimum absolute atomic E-state index is 0.0560. The monoisotopic (exact) mass is 493 g/mol. The van der Waals surface area contributed by atoms with Crippen LogP contribution < -0.4 is 5.73 Å². The van der Waals surface area contributed by atoms with E-state index >= 15 is 0 Å². The van der Waals surface area contributed by atoms with Crippen LogP contribution in [0.1, 0.15) is 51.4 Å². The quantitative estimate of drug-likeness (QED) is 0.122. The Morgan fingerprint density at radius 2 is 1.67 bits per heavy atom. The van der Waals surface area contributed by atoms with Gasteiger partial charge in [-0.2, -0.15) is 13.2 Å². The minimum atomic E-state index is -4.09. The summed E-state index contributed by atoms with van der Waals surface area (Å²) in [5.41, 5.74) is 5.51. The van der Waals surface area contributed by atoms with Gasteiger partial charge in [-0.1, -0.05) is 48.6 Å². The minimum Gasteiger partial charge on any atom is -0.481 e. The highest BCUT2D eigenvalue weighted by atomic mass is 32.2. The van der Waals surface area contributed by atoms with Crippen LogP contribution in [0.5, 0.6) is 0 Å². The summed E-state index contributed by atoms with van der Waals surface area (Å²) in [6, 6.07) is -1.06. The van der Waals surface area contributed by atoms with Crippen LogP contribution in [0, 0.1) is 0 Å². The zero-order chi connectivity index (χ0) is 25.1. The number of aliphatic carboxylic acids is 2. The van der Waals surface area contributed by atoms with E-state index in [4.69, 9.17) is 15.9 Å². The van der Waals surface area contributed by atoms with Gasteiger partial charge >= 0.3 is 18.1 Å². The fraction of sp³-hybridized carbons (Fsp3) is 0.565. The Bertz CT molecular complexity index is 677. The second kappa shape index (κ2) is 18.4. The first-order chi connectivity index (χ1) is 15.5. The largest absolute Gasteiger partial charge is 0.481 e. The van der Waals surface area contributed by atoms with Crippen LogP contribution in [0.15, 0.2) is 48.6 Å². The summed E-state index contributed by atoms with van der Waals surface area (Å²) in [5, 5.41) is 27.5. The molecule has 0 bridgehead atoms. The van der Waals surface area contributed by atoms with Gasteiger partial charge in [0.2, 0.25) is 0 Å². The second-order valence-electron chi connectivity index (χ2n) is 7.36. The van der Waals surface area contributed by atoms with E-state index in [1.165, 1.54) is 11.8 Å². The summed E-state index contributed by atoms with van der Waals surface area (Å²) in [4.78, 5) is 21.5. The highest BCUT2D eigenvalue weighted by Gasteiger charge is 2.25. The average Bonchev–Trinajstić information content (AvgIpc) is 2.71. The first-order valence-corrected chi connectivity index (χ1v) is 11.8. The van der Waals surface area contributed by atoms with Gasteiger partial charge in [0.15, 0.2) is 0 Å². The van der Waals surface area contributed by atoms with Crippen molar-refractivity contribution in [2.24, 2.45) is 5.73 Å². The fourth-order valence-electron chi connectivity index (χ4n) is 2.55. The summed E-state index contributed by atoms with van der Waals surface area (Å²) in [5.74, 6) is -1.97. The molecule has 0 aliphatic carbocycles. The van der Waals surface area contributed by atoms with Crippen LogP contribution in [0.4, 0.5) is 13.2 Å². The first-order valence-electron chi connectivity index (χ1n) is 10.7. The lowest BCUT2D eigenvalue weighted by molar-refractivity contribution is -0.138. The number of halogens is 3. The first kappa shape index (κ1) is 31.0. The van der Waals surface area contributed by atoms with Crippen LogP contribution in [-0.4, -0.2) is 56.6 Å². The molecule has 188 valence electrons. The zero-order valence-corrected chi connectivity index (χ0v) is 19.3. The van der Waals surface area contributed by atoms with Gasteiger partial charge in [0.05, 0.1) is 6.10 Å². The summed E-state index contributed by atoms with van der Waals surface area (Å²) in [6.45, 7) is 0. The topological polar surface area (TPSA) is 121 Å². The summed E-state index contributed by atoms with van der Waals surface area (Å²) < 4.78 is 36.1. The molecule has 0 aliphatic heterocycles. The smallest absolute Gasteiger partial charge is 0.389 e. The number of hydrogen-bond donors (Lipinski definition) is 4. The SMILES string of the molecule is NC(CSC(C=CC=CC=CCC=CCCCCC(F)(F)F)C(O)CCCC(=O)O)C(=O)O. The van der Waals surface area contributed by atoms with E-state index in [1.807, 2.05) is 24.3 Å². The van der Waals surface area contributed by atoms with Crippen LogP contribution in [0.25, 0.3) is 0 Å². The number of alkyl halides is 3. The lowest BCUT2D eigenvalue weighted by Crippen LogP contribution is -2.34. The molecule has 0 aromatic heterocycles. The summed E-state index contributed by atoms with van der Waals surface area (Å²) in [7, 11) is 0.